The van der Waals surface area contributed by atoms with Gasteiger partial charge in [0, 0.05) is 19.6 Å². The molecule has 1 saturated heterocycles. The average molecular weight is 306 g/mol. The van der Waals surface area contributed by atoms with E-state index in [9.17, 15) is 13.2 Å². The molecule has 6 nitrogen and oxygen atoms in total. The lowest BCUT2D eigenvalue weighted by atomic mass is 9.98. The van der Waals surface area contributed by atoms with E-state index < -0.39 is 10.0 Å². The van der Waals surface area contributed by atoms with Gasteiger partial charge in [0.2, 0.25) is 15.9 Å². The highest BCUT2D eigenvalue weighted by Crippen LogP contribution is 2.17. The van der Waals surface area contributed by atoms with Crippen molar-refractivity contribution in [3.63, 3.8) is 0 Å². The van der Waals surface area contributed by atoms with Gasteiger partial charge in [-0.05, 0) is 39.5 Å². The molecule has 1 N–H and O–H groups in total. The van der Waals surface area contributed by atoms with Crippen LogP contribution in [0.2, 0.25) is 0 Å². The van der Waals surface area contributed by atoms with Crippen LogP contribution in [0.4, 0.5) is 0 Å². The molecule has 20 heavy (non-hydrogen) atoms. The van der Waals surface area contributed by atoms with Crippen molar-refractivity contribution >= 4 is 15.9 Å². The van der Waals surface area contributed by atoms with Gasteiger partial charge < -0.3 is 9.64 Å². The molecule has 1 rings (SSSR count). The van der Waals surface area contributed by atoms with Crippen LogP contribution in [0, 0.1) is 5.92 Å². The summed E-state index contributed by atoms with van der Waals surface area (Å²) < 4.78 is 30.2. The molecule has 1 fully saturated rings. The molecule has 1 aliphatic heterocycles. The molecule has 118 valence electrons. The minimum atomic E-state index is -3.17. The van der Waals surface area contributed by atoms with Crippen LogP contribution in [0.3, 0.4) is 0 Å². The van der Waals surface area contributed by atoms with Crippen molar-refractivity contribution < 1.29 is 17.9 Å². The second-order valence-electron chi connectivity index (χ2n) is 6.37. The van der Waals surface area contributed by atoms with E-state index >= 15 is 0 Å². The van der Waals surface area contributed by atoms with Crippen LogP contribution in [0.5, 0.6) is 0 Å². The van der Waals surface area contributed by atoms with Crippen LogP contribution in [-0.4, -0.2) is 57.3 Å². The van der Waals surface area contributed by atoms with Gasteiger partial charge in [0.05, 0.1) is 11.9 Å². The van der Waals surface area contributed by atoms with E-state index in [-0.39, 0.29) is 24.0 Å². The third-order valence-corrected chi connectivity index (χ3v) is 3.83. The van der Waals surface area contributed by atoms with Gasteiger partial charge >= 0.3 is 0 Å². The van der Waals surface area contributed by atoms with Crippen molar-refractivity contribution in [1.29, 1.82) is 0 Å². The number of nitrogens with one attached hydrogen (secondary N) is 1. The normalized spacial score (nSPS) is 21.0. The van der Waals surface area contributed by atoms with Gasteiger partial charge in [-0.3, -0.25) is 4.79 Å². The van der Waals surface area contributed by atoms with Crippen LogP contribution < -0.4 is 4.72 Å². The predicted molar refractivity (Wildman–Crippen MR) is 77.9 cm³/mol. The third-order valence-electron chi connectivity index (χ3n) is 3.13. The lowest BCUT2D eigenvalue weighted by Gasteiger charge is -2.33. The lowest BCUT2D eigenvalue weighted by Crippen LogP contribution is -2.45. The van der Waals surface area contributed by atoms with Crippen LogP contribution in [-0.2, 0) is 19.6 Å². The first kappa shape index (κ1) is 17.4. The highest BCUT2D eigenvalue weighted by atomic mass is 32.2. The van der Waals surface area contributed by atoms with Gasteiger partial charge in [-0.1, -0.05) is 0 Å². The van der Waals surface area contributed by atoms with Crippen LogP contribution in [0.15, 0.2) is 0 Å². The molecule has 1 amide bonds. The highest BCUT2D eigenvalue weighted by molar-refractivity contribution is 7.88. The van der Waals surface area contributed by atoms with Crippen LogP contribution in [0.25, 0.3) is 0 Å². The highest BCUT2D eigenvalue weighted by Gasteiger charge is 2.25. The quantitative estimate of drug-likeness (QED) is 0.806. The summed E-state index contributed by atoms with van der Waals surface area (Å²) in [6, 6.07) is 0. The number of hydrogen-bond acceptors (Lipinski definition) is 4. The Hall–Kier alpha value is -0.660. The molecule has 0 radical (unpaired) electrons. The maximum absolute atomic E-state index is 12.1. The molecule has 0 aromatic carbocycles. The predicted octanol–water partition coefficient (Wildman–Crippen LogP) is 0.589. The van der Waals surface area contributed by atoms with E-state index in [1.807, 2.05) is 20.8 Å². The number of sulfonamides is 1. The number of carbonyl (C=O) groups is 1. The van der Waals surface area contributed by atoms with Crippen molar-refractivity contribution in [1.82, 2.24) is 9.62 Å². The first-order chi connectivity index (χ1) is 9.07. The van der Waals surface area contributed by atoms with Crippen molar-refractivity contribution in [2.45, 2.75) is 39.2 Å². The second-order valence-corrected chi connectivity index (χ2v) is 8.20. The van der Waals surface area contributed by atoms with Gasteiger partial charge in [-0.2, -0.15) is 0 Å². The monoisotopic (exact) mass is 306 g/mol. The topological polar surface area (TPSA) is 75.7 Å². The van der Waals surface area contributed by atoms with Crippen molar-refractivity contribution in [2.75, 3.05) is 32.5 Å². The first-order valence-electron chi connectivity index (χ1n) is 6.93. The molecule has 1 unspecified atom stereocenters. The summed E-state index contributed by atoms with van der Waals surface area (Å²) in [7, 11) is -3.17. The Morgan fingerprint density at radius 1 is 1.40 bits per heavy atom. The number of nitrogens with zero attached hydrogens (tertiary/aromatic N) is 1. The number of hydrogen-bond donors (Lipinski definition) is 1. The number of piperidine rings is 1. The number of carbonyl (C=O) groups excluding carboxylic acids is 1. The molecule has 0 spiro atoms. The van der Waals surface area contributed by atoms with Crippen molar-refractivity contribution in [3.05, 3.63) is 0 Å². The lowest BCUT2D eigenvalue weighted by molar-refractivity contribution is -0.142. The molecule has 0 aromatic rings. The molecule has 0 aliphatic carbocycles. The van der Waals surface area contributed by atoms with E-state index in [1.54, 1.807) is 4.90 Å². The smallest absolute Gasteiger partial charge is 0.248 e. The fourth-order valence-corrected chi connectivity index (χ4v) is 2.64. The molecular formula is C13H26N2O4S. The first-order valence-corrected chi connectivity index (χ1v) is 8.82. The molecule has 7 heteroatoms. The molecule has 0 bridgehead atoms. The maximum atomic E-state index is 12.1. The van der Waals surface area contributed by atoms with Crippen LogP contribution >= 0.6 is 0 Å². The standard InChI is InChI=1S/C13H26N2O4S/c1-13(2,3)19-10-12(16)15-7-5-6-11(9-15)8-14-20(4,17)18/h11,14H,5-10H2,1-4H3. The Labute approximate surface area is 121 Å². The Bertz CT molecular complexity index is 428. The molecule has 0 aromatic heterocycles. The number of amides is 1. The largest absolute Gasteiger partial charge is 0.366 e. The summed E-state index contributed by atoms with van der Waals surface area (Å²) >= 11 is 0. The SMILES string of the molecule is CC(C)(C)OCC(=O)N1CCCC(CNS(C)(=O)=O)C1. The van der Waals surface area contributed by atoms with Gasteiger partial charge in [-0.15, -0.1) is 0 Å². The van der Waals surface area contributed by atoms with Gasteiger partial charge in [0.1, 0.15) is 6.61 Å². The minimum absolute atomic E-state index is 0.0241. The summed E-state index contributed by atoms with van der Waals surface area (Å²) in [5, 5.41) is 0. The summed E-state index contributed by atoms with van der Waals surface area (Å²) in [4.78, 5) is 13.8. The minimum Gasteiger partial charge on any atom is -0.366 e. The third kappa shape index (κ3) is 7.21. The maximum Gasteiger partial charge on any atom is 0.248 e. The number of ether oxygens (including phenoxy) is 1. The fraction of sp³-hybridized carbons (Fsp3) is 0.923. The zero-order chi connectivity index (χ0) is 15.4. The fourth-order valence-electron chi connectivity index (χ4n) is 2.10. The van der Waals surface area contributed by atoms with E-state index in [1.165, 1.54) is 0 Å². The molecule has 1 atom stereocenters. The van der Waals surface area contributed by atoms with Crippen molar-refractivity contribution in [2.24, 2.45) is 5.92 Å². The average Bonchev–Trinajstić information content (AvgIpc) is 2.32. The molecule has 1 heterocycles. The Kier molecular flexibility index (Phi) is 5.97. The second kappa shape index (κ2) is 6.87. The van der Waals surface area contributed by atoms with Gasteiger partial charge in [0.15, 0.2) is 0 Å². The Balaban J connectivity index is 2.42. The van der Waals surface area contributed by atoms with E-state index in [0.717, 1.165) is 25.6 Å². The zero-order valence-electron chi connectivity index (χ0n) is 12.8. The number of likely N-dealkylation sites (tertiary alicyclic amines) is 1. The Morgan fingerprint density at radius 3 is 2.60 bits per heavy atom. The van der Waals surface area contributed by atoms with Gasteiger partial charge in [-0.25, -0.2) is 13.1 Å². The van der Waals surface area contributed by atoms with E-state index in [2.05, 4.69) is 4.72 Å². The summed E-state index contributed by atoms with van der Waals surface area (Å²) in [5.41, 5.74) is -0.331. The Morgan fingerprint density at radius 2 is 2.05 bits per heavy atom. The molecular weight excluding hydrogens is 280 g/mol. The summed E-state index contributed by atoms with van der Waals surface area (Å²) in [5.74, 6) is 0.154. The molecule has 0 saturated carbocycles. The van der Waals surface area contributed by atoms with E-state index in [0.29, 0.717) is 13.1 Å². The van der Waals surface area contributed by atoms with Crippen LogP contribution in [0.1, 0.15) is 33.6 Å². The number of rotatable bonds is 5. The van der Waals surface area contributed by atoms with Gasteiger partial charge in [0.25, 0.3) is 0 Å². The molecule has 1 aliphatic rings. The van der Waals surface area contributed by atoms with E-state index in [4.69, 9.17) is 4.74 Å². The zero-order valence-corrected chi connectivity index (χ0v) is 13.6. The summed E-state index contributed by atoms with van der Waals surface area (Å²) in [6.07, 6.45) is 2.99. The summed E-state index contributed by atoms with van der Waals surface area (Å²) in [6.45, 7) is 7.52. The van der Waals surface area contributed by atoms with Crippen molar-refractivity contribution in [3.8, 4) is 0 Å².